The van der Waals surface area contributed by atoms with E-state index in [1.807, 2.05) is 0 Å². The van der Waals surface area contributed by atoms with E-state index in [9.17, 15) is 14.4 Å². The van der Waals surface area contributed by atoms with Crippen molar-refractivity contribution in [3.8, 4) is 0 Å². The summed E-state index contributed by atoms with van der Waals surface area (Å²) < 4.78 is 4.52. The van der Waals surface area contributed by atoms with Crippen LogP contribution >= 0.6 is 0 Å². The Labute approximate surface area is 97.3 Å². The zero-order valence-corrected chi connectivity index (χ0v) is 9.47. The molecule has 1 unspecified atom stereocenters. The van der Waals surface area contributed by atoms with Crippen molar-refractivity contribution in [3.63, 3.8) is 0 Å². The molecule has 0 saturated carbocycles. The predicted octanol–water partition coefficient (Wildman–Crippen LogP) is 0.479. The minimum atomic E-state index is -1.11. The Balaban J connectivity index is 2.81. The van der Waals surface area contributed by atoms with Crippen molar-refractivity contribution in [1.29, 1.82) is 0 Å². The van der Waals surface area contributed by atoms with Crippen LogP contribution in [0.4, 0.5) is 0 Å². The summed E-state index contributed by atoms with van der Waals surface area (Å²) in [6, 6.07) is 1.40. The van der Waals surface area contributed by atoms with Crippen LogP contribution in [-0.4, -0.2) is 23.0 Å². The first-order valence-corrected chi connectivity index (χ1v) is 5.04. The van der Waals surface area contributed by atoms with E-state index in [4.69, 9.17) is 5.11 Å². The van der Waals surface area contributed by atoms with Gasteiger partial charge in [-0.05, 0) is 12.0 Å². The molecule has 1 atom stereocenters. The average Bonchev–Trinajstić information content (AvgIpc) is 2.25. The van der Waals surface area contributed by atoms with Crippen molar-refractivity contribution in [2.75, 3.05) is 0 Å². The number of hydrogen-bond donors (Lipinski definition) is 2. The molecule has 0 aliphatic heterocycles. The summed E-state index contributed by atoms with van der Waals surface area (Å²) in [5.74, 6) is -1.94. The van der Waals surface area contributed by atoms with Gasteiger partial charge < -0.3 is 14.8 Å². The first-order chi connectivity index (χ1) is 7.91. The van der Waals surface area contributed by atoms with Gasteiger partial charge in [-0.1, -0.05) is 13.8 Å². The number of carboxylic acids is 1. The molecule has 92 valence electrons. The zero-order chi connectivity index (χ0) is 13.0. The average molecular weight is 239 g/mol. The lowest BCUT2D eigenvalue weighted by molar-refractivity contribution is -0.140. The fourth-order valence-corrected chi connectivity index (χ4v) is 1.23. The first kappa shape index (κ1) is 13.0. The number of hydrogen-bond acceptors (Lipinski definition) is 4. The monoisotopic (exact) mass is 239 g/mol. The maximum Gasteiger partial charge on any atom is 0.335 e. The molecular formula is C11H13NO5. The Morgan fingerprint density at radius 1 is 1.35 bits per heavy atom. The van der Waals surface area contributed by atoms with Crippen LogP contribution in [0.5, 0.6) is 0 Å². The standard InChI is InChI=1S/C11H13NO5/c1-6(2)9(11(15)16)12-10(14)7-3-4-8(13)17-5-7/h3-6,9H,1-2H3,(H,12,14)(H,15,16). The Hall–Kier alpha value is -2.11. The van der Waals surface area contributed by atoms with Crippen LogP contribution in [0, 0.1) is 5.92 Å². The van der Waals surface area contributed by atoms with Crippen molar-refractivity contribution in [1.82, 2.24) is 5.32 Å². The third kappa shape index (κ3) is 3.44. The number of carbonyl (C=O) groups is 2. The van der Waals surface area contributed by atoms with Gasteiger partial charge in [-0.15, -0.1) is 0 Å². The van der Waals surface area contributed by atoms with Crippen LogP contribution in [0.1, 0.15) is 24.2 Å². The molecule has 1 heterocycles. The van der Waals surface area contributed by atoms with Crippen LogP contribution in [0.3, 0.4) is 0 Å². The van der Waals surface area contributed by atoms with Gasteiger partial charge in [0, 0.05) is 6.07 Å². The molecule has 0 aliphatic rings. The summed E-state index contributed by atoms with van der Waals surface area (Å²) in [5, 5.41) is 11.2. The lowest BCUT2D eigenvalue weighted by Gasteiger charge is -2.17. The minimum absolute atomic E-state index is 0.108. The summed E-state index contributed by atoms with van der Waals surface area (Å²) in [6.07, 6.45) is 0.997. The molecule has 1 aromatic heterocycles. The maximum absolute atomic E-state index is 11.6. The second kappa shape index (κ2) is 5.29. The van der Waals surface area contributed by atoms with Gasteiger partial charge in [0.05, 0.1) is 5.56 Å². The number of amides is 1. The van der Waals surface area contributed by atoms with Gasteiger partial charge in [0.1, 0.15) is 12.3 Å². The zero-order valence-electron chi connectivity index (χ0n) is 9.47. The first-order valence-electron chi connectivity index (χ1n) is 5.04. The summed E-state index contributed by atoms with van der Waals surface area (Å²) in [4.78, 5) is 33.2. The van der Waals surface area contributed by atoms with Crippen LogP contribution in [0.15, 0.2) is 27.6 Å². The Bertz CT molecular complexity index is 457. The number of carboxylic acid groups (broad SMARTS) is 1. The van der Waals surface area contributed by atoms with Gasteiger partial charge in [-0.25, -0.2) is 9.59 Å². The van der Waals surface area contributed by atoms with E-state index in [-0.39, 0.29) is 11.5 Å². The van der Waals surface area contributed by atoms with Gasteiger partial charge in [-0.3, -0.25) is 4.79 Å². The quantitative estimate of drug-likeness (QED) is 0.796. The van der Waals surface area contributed by atoms with E-state index in [1.165, 1.54) is 6.07 Å². The highest BCUT2D eigenvalue weighted by molar-refractivity contribution is 5.96. The van der Waals surface area contributed by atoms with E-state index in [1.54, 1.807) is 13.8 Å². The molecule has 0 spiro atoms. The third-order valence-electron chi connectivity index (χ3n) is 2.18. The second-order valence-electron chi connectivity index (χ2n) is 3.88. The number of rotatable bonds is 4. The molecule has 17 heavy (non-hydrogen) atoms. The highest BCUT2D eigenvalue weighted by atomic mass is 16.4. The van der Waals surface area contributed by atoms with Gasteiger partial charge in [0.25, 0.3) is 5.91 Å². The van der Waals surface area contributed by atoms with E-state index in [0.29, 0.717) is 0 Å². The number of aliphatic carboxylic acids is 1. The molecule has 0 aromatic carbocycles. The molecule has 0 fully saturated rings. The van der Waals surface area contributed by atoms with Crippen molar-refractivity contribution < 1.29 is 19.1 Å². The Morgan fingerprint density at radius 3 is 2.41 bits per heavy atom. The largest absolute Gasteiger partial charge is 0.480 e. The van der Waals surface area contributed by atoms with Gasteiger partial charge in [0.15, 0.2) is 0 Å². The Kier molecular flexibility index (Phi) is 4.03. The van der Waals surface area contributed by atoms with Crippen LogP contribution in [-0.2, 0) is 4.79 Å². The van der Waals surface area contributed by atoms with Crippen LogP contribution < -0.4 is 10.9 Å². The fourth-order valence-electron chi connectivity index (χ4n) is 1.23. The van der Waals surface area contributed by atoms with E-state index >= 15 is 0 Å². The predicted molar refractivity (Wildman–Crippen MR) is 58.7 cm³/mol. The van der Waals surface area contributed by atoms with Crippen LogP contribution in [0.2, 0.25) is 0 Å². The highest BCUT2D eigenvalue weighted by Gasteiger charge is 2.24. The fraction of sp³-hybridized carbons (Fsp3) is 0.364. The van der Waals surface area contributed by atoms with E-state index in [0.717, 1.165) is 12.3 Å². The molecule has 0 bridgehead atoms. The van der Waals surface area contributed by atoms with Crippen molar-refractivity contribution in [2.24, 2.45) is 5.92 Å². The summed E-state index contributed by atoms with van der Waals surface area (Å²) in [5.41, 5.74) is -0.461. The maximum atomic E-state index is 11.6. The van der Waals surface area contributed by atoms with Crippen molar-refractivity contribution in [3.05, 3.63) is 34.4 Å². The van der Waals surface area contributed by atoms with Crippen molar-refractivity contribution >= 4 is 11.9 Å². The number of carbonyl (C=O) groups excluding carboxylic acids is 1. The lowest BCUT2D eigenvalue weighted by Crippen LogP contribution is -2.44. The van der Waals surface area contributed by atoms with Gasteiger partial charge in [0.2, 0.25) is 0 Å². The highest BCUT2D eigenvalue weighted by Crippen LogP contribution is 2.04. The number of nitrogens with one attached hydrogen (secondary N) is 1. The molecule has 6 heteroatoms. The van der Waals surface area contributed by atoms with Gasteiger partial charge in [-0.2, -0.15) is 0 Å². The SMILES string of the molecule is CC(C)C(NC(=O)c1ccc(=O)oc1)C(=O)O. The van der Waals surface area contributed by atoms with E-state index < -0.39 is 23.5 Å². The summed E-state index contributed by atoms with van der Waals surface area (Å²) >= 11 is 0. The lowest BCUT2D eigenvalue weighted by atomic mass is 10.0. The molecule has 0 radical (unpaired) electrons. The molecule has 6 nitrogen and oxygen atoms in total. The third-order valence-corrected chi connectivity index (χ3v) is 2.18. The molecule has 0 saturated heterocycles. The van der Waals surface area contributed by atoms with Crippen molar-refractivity contribution in [2.45, 2.75) is 19.9 Å². The van der Waals surface area contributed by atoms with Crippen LogP contribution in [0.25, 0.3) is 0 Å². The van der Waals surface area contributed by atoms with Gasteiger partial charge >= 0.3 is 11.6 Å². The second-order valence-corrected chi connectivity index (χ2v) is 3.88. The molecular weight excluding hydrogens is 226 g/mol. The summed E-state index contributed by atoms with van der Waals surface area (Å²) in [7, 11) is 0. The van der Waals surface area contributed by atoms with E-state index in [2.05, 4.69) is 9.73 Å². The smallest absolute Gasteiger partial charge is 0.335 e. The Morgan fingerprint density at radius 2 is 2.00 bits per heavy atom. The molecule has 1 rings (SSSR count). The molecule has 1 aromatic rings. The molecule has 2 N–H and O–H groups in total. The normalized spacial score (nSPS) is 12.2. The molecule has 0 aliphatic carbocycles. The molecule has 1 amide bonds. The minimum Gasteiger partial charge on any atom is -0.480 e. The topological polar surface area (TPSA) is 96.6 Å². The summed E-state index contributed by atoms with van der Waals surface area (Å²) in [6.45, 7) is 3.37.